The number of aryl methyl sites for hydroxylation is 2. The maximum absolute atomic E-state index is 3.43. The fourth-order valence-electron chi connectivity index (χ4n) is 2.88. The van der Waals surface area contributed by atoms with Crippen molar-refractivity contribution in [2.75, 3.05) is 33.6 Å². The molecule has 0 atom stereocenters. The number of anilines is 5. The molecule has 5 nitrogen and oxygen atoms in total. The third-order valence-corrected chi connectivity index (χ3v) is 4.72. The molecule has 0 aromatic heterocycles. The van der Waals surface area contributed by atoms with Gasteiger partial charge in [-0.1, -0.05) is 31.0 Å². The van der Waals surface area contributed by atoms with Crippen LogP contribution in [0.3, 0.4) is 0 Å². The average molecular weight is 390 g/mol. The fraction of sp³-hybridized carbons (Fsp3) is 0.250. The highest BCUT2D eigenvalue weighted by Crippen LogP contribution is 2.21. The predicted octanol–water partition coefficient (Wildman–Crippen LogP) is 6.39. The highest BCUT2D eigenvalue weighted by atomic mass is 15.4. The molecule has 3 rings (SSSR count). The van der Waals surface area contributed by atoms with Gasteiger partial charge in [0, 0.05) is 12.2 Å². The van der Waals surface area contributed by atoms with Crippen LogP contribution >= 0.6 is 0 Å². The molecule has 0 amide bonds. The number of unbranched alkanes of at least 4 members (excludes halogenated alkanes) is 1. The van der Waals surface area contributed by atoms with Crippen molar-refractivity contribution in [3.63, 3.8) is 0 Å². The van der Waals surface area contributed by atoms with Gasteiger partial charge >= 0.3 is 0 Å². The van der Waals surface area contributed by atoms with E-state index in [1.165, 1.54) is 18.4 Å². The van der Waals surface area contributed by atoms with E-state index in [1.54, 1.807) is 0 Å². The highest BCUT2D eigenvalue weighted by molar-refractivity contribution is 5.64. The number of hydrogen-bond acceptors (Lipinski definition) is 5. The molecule has 3 aromatic carbocycles. The molecule has 29 heavy (non-hydrogen) atoms. The Morgan fingerprint density at radius 3 is 1.83 bits per heavy atom. The topological polar surface area (TPSA) is 60.1 Å². The Balaban J connectivity index is 1.50. The SMILES string of the molecule is CCCCNc1ccc(NNc2ccc(NNc3ccc(C)cc3)cc2C)cc1. The van der Waals surface area contributed by atoms with Crippen molar-refractivity contribution in [2.45, 2.75) is 33.6 Å². The first-order valence-electron chi connectivity index (χ1n) is 10.2. The molecular weight excluding hydrogens is 358 g/mol. The maximum Gasteiger partial charge on any atom is 0.0570 e. The van der Waals surface area contributed by atoms with Gasteiger partial charge in [-0.05, 0) is 80.4 Å². The zero-order valence-electron chi connectivity index (χ0n) is 17.5. The Morgan fingerprint density at radius 1 is 0.621 bits per heavy atom. The number of hydrogen-bond donors (Lipinski definition) is 5. The normalized spacial score (nSPS) is 10.3. The zero-order valence-corrected chi connectivity index (χ0v) is 17.5. The molecule has 0 aliphatic carbocycles. The van der Waals surface area contributed by atoms with Crippen LogP contribution in [0, 0.1) is 13.8 Å². The molecule has 0 spiro atoms. The van der Waals surface area contributed by atoms with E-state index >= 15 is 0 Å². The summed E-state index contributed by atoms with van der Waals surface area (Å²) in [6, 6.07) is 22.8. The molecule has 5 heteroatoms. The minimum Gasteiger partial charge on any atom is -0.385 e. The van der Waals surface area contributed by atoms with Gasteiger partial charge in [0.2, 0.25) is 0 Å². The molecule has 0 saturated heterocycles. The van der Waals surface area contributed by atoms with Crippen molar-refractivity contribution >= 4 is 28.4 Å². The lowest BCUT2D eigenvalue weighted by atomic mass is 10.2. The van der Waals surface area contributed by atoms with Gasteiger partial charge < -0.3 is 27.0 Å². The molecular formula is C24H31N5. The largest absolute Gasteiger partial charge is 0.385 e. The lowest BCUT2D eigenvalue weighted by Crippen LogP contribution is -2.11. The quantitative estimate of drug-likeness (QED) is 0.205. The first kappa shape index (κ1) is 20.4. The van der Waals surface area contributed by atoms with E-state index < -0.39 is 0 Å². The first-order valence-corrected chi connectivity index (χ1v) is 10.2. The van der Waals surface area contributed by atoms with Crippen LogP contribution in [0.2, 0.25) is 0 Å². The van der Waals surface area contributed by atoms with E-state index in [2.05, 4.69) is 108 Å². The molecule has 152 valence electrons. The Morgan fingerprint density at radius 2 is 1.17 bits per heavy atom. The highest BCUT2D eigenvalue weighted by Gasteiger charge is 2.01. The first-order chi connectivity index (χ1) is 14.1. The number of nitrogens with one attached hydrogen (secondary N) is 5. The van der Waals surface area contributed by atoms with Crippen LogP contribution in [0.1, 0.15) is 30.9 Å². The minimum absolute atomic E-state index is 1.01. The smallest absolute Gasteiger partial charge is 0.0570 e. The second kappa shape index (κ2) is 10.3. The van der Waals surface area contributed by atoms with Gasteiger partial charge in [-0.15, -0.1) is 0 Å². The van der Waals surface area contributed by atoms with Crippen LogP contribution in [0.15, 0.2) is 66.7 Å². The Kier molecular flexibility index (Phi) is 7.22. The molecule has 0 aliphatic heterocycles. The van der Waals surface area contributed by atoms with Gasteiger partial charge in [0.15, 0.2) is 0 Å². The van der Waals surface area contributed by atoms with E-state index in [1.807, 2.05) is 6.07 Å². The molecule has 0 aliphatic rings. The summed E-state index contributed by atoms with van der Waals surface area (Å²) in [6.07, 6.45) is 2.39. The van der Waals surface area contributed by atoms with Crippen LogP contribution in [-0.2, 0) is 0 Å². The Labute approximate surface area is 173 Å². The van der Waals surface area contributed by atoms with E-state index in [0.717, 1.165) is 40.5 Å². The second-order valence-electron chi connectivity index (χ2n) is 7.25. The molecule has 5 N–H and O–H groups in total. The van der Waals surface area contributed by atoms with Crippen LogP contribution in [0.25, 0.3) is 0 Å². The molecule has 0 bridgehead atoms. The van der Waals surface area contributed by atoms with Gasteiger partial charge in [-0.2, -0.15) is 0 Å². The lowest BCUT2D eigenvalue weighted by molar-refractivity contribution is 0.834. The monoisotopic (exact) mass is 389 g/mol. The summed E-state index contributed by atoms with van der Waals surface area (Å²) in [5.74, 6) is 0. The van der Waals surface area contributed by atoms with Gasteiger partial charge in [0.25, 0.3) is 0 Å². The van der Waals surface area contributed by atoms with E-state index in [-0.39, 0.29) is 0 Å². The van der Waals surface area contributed by atoms with Crippen molar-refractivity contribution in [1.82, 2.24) is 0 Å². The fourth-order valence-corrected chi connectivity index (χ4v) is 2.88. The van der Waals surface area contributed by atoms with Gasteiger partial charge in [0.1, 0.15) is 0 Å². The summed E-state index contributed by atoms with van der Waals surface area (Å²) >= 11 is 0. The van der Waals surface area contributed by atoms with Gasteiger partial charge in [-0.25, -0.2) is 0 Å². The van der Waals surface area contributed by atoms with Crippen molar-refractivity contribution in [3.05, 3.63) is 77.9 Å². The second-order valence-corrected chi connectivity index (χ2v) is 7.25. The third-order valence-electron chi connectivity index (χ3n) is 4.72. The van der Waals surface area contributed by atoms with E-state index in [0.29, 0.717) is 0 Å². The molecule has 0 heterocycles. The third kappa shape index (κ3) is 6.35. The predicted molar refractivity (Wildman–Crippen MR) is 127 cm³/mol. The molecule has 0 fully saturated rings. The van der Waals surface area contributed by atoms with Crippen molar-refractivity contribution in [3.8, 4) is 0 Å². The van der Waals surface area contributed by atoms with E-state index in [4.69, 9.17) is 0 Å². The molecule has 0 saturated carbocycles. The van der Waals surface area contributed by atoms with Crippen LogP contribution < -0.4 is 27.0 Å². The summed E-state index contributed by atoms with van der Waals surface area (Å²) in [6.45, 7) is 7.38. The number of hydrazine groups is 2. The molecule has 3 aromatic rings. The molecule has 0 unspecified atom stereocenters. The minimum atomic E-state index is 1.01. The Hall–Kier alpha value is -3.34. The van der Waals surface area contributed by atoms with Crippen LogP contribution in [0.5, 0.6) is 0 Å². The summed E-state index contributed by atoms with van der Waals surface area (Å²) < 4.78 is 0. The zero-order chi connectivity index (χ0) is 20.5. The summed E-state index contributed by atoms with van der Waals surface area (Å²) in [5, 5.41) is 3.43. The van der Waals surface area contributed by atoms with Gasteiger partial charge in [-0.3, -0.25) is 0 Å². The van der Waals surface area contributed by atoms with Gasteiger partial charge in [0.05, 0.1) is 22.7 Å². The van der Waals surface area contributed by atoms with Crippen LogP contribution in [0.4, 0.5) is 28.4 Å². The average Bonchev–Trinajstić information content (AvgIpc) is 2.74. The number of rotatable bonds is 10. The Bertz CT molecular complexity index is 888. The summed E-state index contributed by atoms with van der Waals surface area (Å²) in [4.78, 5) is 0. The van der Waals surface area contributed by atoms with E-state index in [9.17, 15) is 0 Å². The summed E-state index contributed by atoms with van der Waals surface area (Å²) in [5.41, 5.74) is 20.7. The van der Waals surface area contributed by atoms with Crippen LogP contribution in [-0.4, -0.2) is 6.54 Å². The number of benzene rings is 3. The maximum atomic E-state index is 3.43. The van der Waals surface area contributed by atoms with Crippen molar-refractivity contribution in [2.24, 2.45) is 0 Å². The van der Waals surface area contributed by atoms with Crippen molar-refractivity contribution in [1.29, 1.82) is 0 Å². The summed E-state index contributed by atoms with van der Waals surface area (Å²) in [7, 11) is 0. The molecule has 0 radical (unpaired) electrons. The van der Waals surface area contributed by atoms with Crippen molar-refractivity contribution < 1.29 is 0 Å². The standard InChI is InChI=1S/C24H31N5/c1-4-5-16-25-20-10-12-22(13-11-20)27-29-24-15-14-23(17-19(24)3)28-26-21-8-6-18(2)7-9-21/h6-15,17,25-29H,4-5,16H2,1-3H3. The lowest BCUT2D eigenvalue weighted by Gasteiger charge is -2.15.